The van der Waals surface area contributed by atoms with Crippen LogP contribution in [0.1, 0.15) is 17.2 Å². The number of hydrogen-bond donors (Lipinski definition) is 2. The summed E-state index contributed by atoms with van der Waals surface area (Å²) in [6, 6.07) is 13.4. The number of rotatable bonds is 5. The molecule has 8 heteroatoms. The highest BCUT2D eigenvalue weighted by Gasteiger charge is 2.25. The van der Waals surface area contributed by atoms with Crippen LogP contribution < -0.4 is 20.1 Å². The Hall–Kier alpha value is -3.10. The van der Waals surface area contributed by atoms with Crippen molar-refractivity contribution in [1.82, 2.24) is 15.1 Å². The van der Waals surface area contributed by atoms with Gasteiger partial charge in [-0.2, -0.15) is 0 Å². The van der Waals surface area contributed by atoms with Gasteiger partial charge in [-0.25, -0.2) is 0 Å². The smallest absolute Gasteiger partial charge is 0.313 e. The Labute approximate surface area is 182 Å². The number of benzene rings is 2. The highest BCUT2D eigenvalue weighted by molar-refractivity contribution is 6.39. The minimum Gasteiger partial charge on any atom is -0.454 e. The van der Waals surface area contributed by atoms with Crippen molar-refractivity contribution < 1.29 is 19.1 Å². The number of hydrogen-bond acceptors (Lipinski definition) is 6. The Kier molecular flexibility index (Phi) is 6.39. The van der Waals surface area contributed by atoms with Gasteiger partial charge in [-0.1, -0.05) is 29.8 Å². The molecule has 0 aliphatic carbocycles. The molecule has 0 aromatic heterocycles. The van der Waals surface area contributed by atoms with Crippen LogP contribution >= 0.6 is 0 Å². The van der Waals surface area contributed by atoms with Crippen molar-refractivity contribution >= 4 is 17.5 Å². The fourth-order valence-electron chi connectivity index (χ4n) is 3.81. The molecule has 2 amide bonds. The van der Waals surface area contributed by atoms with Crippen LogP contribution in [0.4, 0.5) is 5.69 Å². The fraction of sp³-hybridized carbons (Fsp3) is 0.391. The van der Waals surface area contributed by atoms with Gasteiger partial charge in [-0.3, -0.25) is 14.5 Å². The number of nitrogens with zero attached hydrogens (tertiary/aromatic N) is 2. The first kappa shape index (κ1) is 21.1. The van der Waals surface area contributed by atoms with Crippen LogP contribution in [-0.4, -0.2) is 68.2 Å². The van der Waals surface area contributed by atoms with E-state index < -0.39 is 11.8 Å². The van der Waals surface area contributed by atoms with E-state index in [1.165, 1.54) is 5.56 Å². The minimum atomic E-state index is -0.708. The standard InChI is InChI=1S/C23H28N4O4/c1-16-3-5-17(6-4-16)19(27-11-9-26(2)10-12-27)14-24-22(28)23(29)25-18-7-8-20-21(13-18)31-15-30-20/h3-8,13,19H,9-12,14-15H2,1-2H3,(H,24,28)(H,25,29)/t19-/m1/s1. The number of amides is 2. The molecule has 1 fully saturated rings. The quantitative estimate of drug-likeness (QED) is 0.712. The van der Waals surface area contributed by atoms with E-state index in [0.29, 0.717) is 23.7 Å². The molecule has 2 heterocycles. The molecule has 2 aliphatic rings. The zero-order chi connectivity index (χ0) is 21.8. The van der Waals surface area contributed by atoms with E-state index in [0.717, 1.165) is 31.7 Å². The van der Waals surface area contributed by atoms with Crippen molar-refractivity contribution in [1.29, 1.82) is 0 Å². The summed E-state index contributed by atoms with van der Waals surface area (Å²) in [6.45, 7) is 6.33. The molecule has 0 radical (unpaired) electrons. The van der Waals surface area contributed by atoms with Crippen LogP contribution in [0.15, 0.2) is 42.5 Å². The van der Waals surface area contributed by atoms with Crippen LogP contribution in [0, 0.1) is 6.92 Å². The van der Waals surface area contributed by atoms with Crippen LogP contribution in [0.5, 0.6) is 11.5 Å². The summed E-state index contributed by atoms with van der Waals surface area (Å²) in [5.74, 6) is -0.202. The average Bonchev–Trinajstić information content (AvgIpc) is 3.24. The molecule has 2 aromatic rings. The van der Waals surface area contributed by atoms with E-state index in [2.05, 4.69) is 58.7 Å². The maximum Gasteiger partial charge on any atom is 0.313 e. The van der Waals surface area contributed by atoms with Crippen molar-refractivity contribution in [2.75, 3.05) is 51.9 Å². The van der Waals surface area contributed by atoms with Gasteiger partial charge in [-0.05, 0) is 31.7 Å². The van der Waals surface area contributed by atoms with Crippen LogP contribution in [0.25, 0.3) is 0 Å². The van der Waals surface area contributed by atoms with Gasteiger partial charge in [0.25, 0.3) is 0 Å². The summed E-state index contributed by atoms with van der Waals surface area (Å²) >= 11 is 0. The van der Waals surface area contributed by atoms with E-state index in [4.69, 9.17) is 9.47 Å². The maximum atomic E-state index is 12.5. The lowest BCUT2D eigenvalue weighted by Gasteiger charge is -2.38. The molecule has 2 N–H and O–H groups in total. The van der Waals surface area contributed by atoms with Crippen molar-refractivity contribution in [3.05, 3.63) is 53.6 Å². The largest absolute Gasteiger partial charge is 0.454 e. The molecule has 8 nitrogen and oxygen atoms in total. The van der Waals surface area contributed by atoms with E-state index in [9.17, 15) is 9.59 Å². The van der Waals surface area contributed by atoms with E-state index in [-0.39, 0.29) is 12.8 Å². The number of carbonyl (C=O) groups is 2. The molecular formula is C23H28N4O4. The second-order valence-electron chi connectivity index (χ2n) is 8.00. The molecule has 0 bridgehead atoms. The first-order chi connectivity index (χ1) is 15.0. The summed E-state index contributed by atoms with van der Waals surface area (Å²) in [5.41, 5.74) is 2.80. The van der Waals surface area contributed by atoms with Crippen LogP contribution in [0.2, 0.25) is 0 Å². The van der Waals surface area contributed by atoms with Gasteiger partial charge < -0.3 is 25.0 Å². The lowest BCUT2D eigenvalue weighted by molar-refractivity contribution is -0.136. The average molecular weight is 425 g/mol. The lowest BCUT2D eigenvalue weighted by Crippen LogP contribution is -2.49. The number of carbonyl (C=O) groups excluding carboxylic acids is 2. The van der Waals surface area contributed by atoms with E-state index in [1.807, 2.05) is 0 Å². The molecule has 0 unspecified atom stereocenters. The van der Waals surface area contributed by atoms with E-state index in [1.54, 1.807) is 18.2 Å². The second-order valence-corrected chi connectivity index (χ2v) is 8.00. The van der Waals surface area contributed by atoms with Gasteiger partial charge in [0, 0.05) is 44.5 Å². The third kappa shape index (κ3) is 5.15. The van der Waals surface area contributed by atoms with Crippen molar-refractivity contribution in [2.24, 2.45) is 0 Å². The van der Waals surface area contributed by atoms with Gasteiger partial charge in [0.2, 0.25) is 6.79 Å². The Morgan fingerprint density at radius 3 is 2.42 bits per heavy atom. The van der Waals surface area contributed by atoms with Gasteiger partial charge in [0.05, 0.1) is 6.04 Å². The molecule has 31 heavy (non-hydrogen) atoms. The van der Waals surface area contributed by atoms with Gasteiger partial charge >= 0.3 is 11.8 Å². The summed E-state index contributed by atoms with van der Waals surface area (Å²) in [6.07, 6.45) is 0. The number of anilines is 1. The Morgan fingerprint density at radius 2 is 1.68 bits per heavy atom. The molecule has 4 rings (SSSR count). The van der Waals surface area contributed by atoms with Crippen LogP contribution in [-0.2, 0) is 9.59 Å². The summed E-state index contributed by atoms with van der Waals surface area (Å²) in [5, 5.41) is 5.44. The third-order valence-electron chi connectivity index (χ3n) is 5.73. The van der Waals surface area contributed by atoms with Crippen molar-refractivity contribution in [3.8, 4) is 11.5 Å². The summed E-state index contributed by atoms with van der Waals surface area (Å²) in [4.78, 5) is 29.6. The monoisotopic (exact) mass is 424 g/mol. The number of piperazine rings is 1. The van der Waals surface area contributed by atoms with Gasteiger partial charge in [0.1, 0.15) is 0 Å². The highest BCUT2D eigenvalue weighted by Crippen LogP contribution is 2.34. The minimum absolute atomic E-state index is 0.0107. The first-order valence-corrected chi connectivity index (χ1v) is 10.5. The molecule has 0 spiro atoms. The normalized spacial score (nSPS) is 17.2. The van der Waals surface area contributed by atoms with Gasteiger partial charge in [-0.15, -0.1) is 0 Å². The summed E-state index contributed by atoms with van der Waals surface area (Å²) < 4.78 is 10.6. The first-order valence-electron chi connectivity index (χ1n) is 10.5. The predicted octanol–water partition coefficient (Wildman–Crippen LogP) is 1.77. The number of nitrogens with one attached hydrogen (secondary N) is 2. The molecule has 1 saturated heterocycles. The topological polar surface area (TPSA) is 83.1 Å². The predicted molar refractivity (Wildman–Crippen MR) is 117 cm³/mol. The number of ether oxygens (including phenoxy) is 2. The molecule has 2 aromatic carbocycles. The SMILES string of the molecule is Cc1ccc([C@@H](CNC(=O)C(=O)Nc2ccc3c(c2)OCO3)N2CCN(C)CC2)cc1. The van der Waals surface area contributed by atoms with Crippen LogP contribution in [0.3, 0.4) is 0 Å². The number of fused-ring (bicyclic) bond motifs is 1. The Morgan fingerprint density at radius 1 is 0.968 bits per heavy atom. The number of likely N-dealkylation sites (N-methyl/N-ethyl adjacent to an activating group) is 1. The molecule has 0 saturated carbocycles. The van der Waals surface area contributed by atoms with Crippen molar-refractivity contribution in [3.63, 3.8) is 0 Å². The molecular weight excluding hydrogens is 396 g/mol. The highest BCUT2D eigenvalue weighted by atomic mass is 16.7. The fourth-order valence-corrected chi connectivity index (χ4v) is 3.81. The van der Waals surface area contributed by atoms with Crippen molar-refractivity contribution in [2.45, 2.75) is 13.0 Å². The van der Waals surface area contributed by atoms with Gasteiger partial charge in [0.15, 0.2) is 11.5 Å². The zero-order valence-electron chi connectivity index (χ0n) is 17.9. The Balaban J connectivity index is 1.39. The Bertz CT molecular complexity index is 939. The molecule has 164 valence electrons. The third-order valence-corrected chi connectivity index (χ3v) is 5.73. The zero-order valence-corrected chi connectivity index (χ0v) is 17.9. The number of aryl methyl sites for hydroxylation is 1. The second kappa shape index (κ2) is 9.36. The maximum absolute atomic E-state index is 12.5. The summed E-state index contributed by atoms with van der Waals surface area (Å²) in [7, 11) is 2.11. The lowest BCUT2D eigenvalue weighted by atomic mass is 10.0. The molecule has 1 atom stereocenters. The molecule has 2 aliphatic heterocycles. The van der Waals surface area contributed by atoms with E-state index >= 15 is 0 Å².